The first-order valence-electron chi connectivity index (χ1n) is 3.75. The van der Waals surface area contributed by atoms with Gasteiger partial charge in [-0.3, -0.25) is 0 Å². The fourth-order valence-corrected chi connectivity index (χ4v) is 1.70. The van der Waals surface area contributed by atoms with E-state index < -0.39 is 12.7 Å². The second-order valence-electron chi connectivity index (χ2n) is 2.69. The zero-order chi connectivity index (χ0) is 11.6. The minimum atomic E-state index is -4.29. The highest BCUT2D eigenvalue weighted by molar-refractivity contribution is 9.10. The molecule has 0 aromatic heterocycles. The molecule has 0 heterocycles. The molecular weight excluding hydrogens is 318 g/mol. The van der Waals surface area contributed by atoms with Crippen molar-refractivity contribution in [1.82, 2.24) is 0 Å². The van der Waals surface area contributed by atoms with E-state index >= 15 is 0 Å². The molecule has 0 unspecified atom stereocenters. The highest BCUT2D eigenvalue weighted by Gasteiger charge is 2.27. The van der Waals surface area contributed by atoms with Gasteiger partial charge in [0.15, 0.2) is 0 Å². The Kier molecular flexibility index (Phi) is 4.14. The summed E-state index contributed by atoms with van der Waals surface area (Å²) in [4.78, 5) is 0. The highest BCUT2D eigenvalue weighted by atomic mass is 79.9. The lowest BCUT2D eigenvalue weighted by Crippen LogP contribution is -2.21. The summed E-state index contributed by atoms with van der Waals surface area (Å²) in [5.74, 6) is 0. The van der Waals surface area contributed by atoms with Crippen LogP contribution in [0.3, 0.4) is 0 Å². The summed E-state index contributed by atoms with van der Waals surface area (Å²) in [5.41, 5.74) is 0.155. The molecule has 0 spiro atoms. The molecule has 0 aliphatic heterocycles. The zero-order valence-electron chi connectivity index (χ0n) is 7.13. The average molecular weight is 323 g/mol. The number of halogens is 6. The lowest BCUT2D eigenvalue weighted by atomic mass is 10.3. The molecule has 0 amide bonds. The van der Waals surface area contributed by atoms with Gasteiger partial charge in [0.05, 0.1) is 15.7 Å². The summed E-state index contributed by atoms with van der Waals surface area (Å²) in [6.45, 7) is -1.15. The van der Waals surface area contributed by atoms with E-state index in [4.69, 9.17) is 23.2 Å². The van der Waals surface area contributed by atoms with Crippen molar-refractivity contribution in [3.05, 3.63) is 26.7 Å². The van der Waals surface area contributed by atoms with Crippen LogP contribution in [0.15, 0.2) is 16.6 Å². The molecule has 1 aromatic carbocycles. The summed E-state index contributed by atoms with van der Waals surface area (Å²) >= 11 is 14.6. The third-order valence-corrected chi connectivity index (χ3v) is 3.29. The summed E-state index contributed by atoms with van der Waals surface area (Å²) < 4.78 is 36.2. The molecule has 1 rings (SSSR count). The van der Waals surface area contributed by atoms with Gasteiger partial charge in [-0.15, -0.1) is 0 Å². The Morgan fingerprint density at radius 2 is 1.80 bits per heavy atom. The molecule has 15 heavy (non-hydrogen) atoms. The maximum Gasteiger partial charge on any atom is 0.405 e. The maximum absolute atomic E-state index is 11.9. The van der Waals surface area contributed by atoms with Crippen LogP contribution in [0.5, 0.6) is 0 Å². The fraction of sp³-hybridized carbons (Fsp3) is 0.250. The first kappa shape index (κ1) is 12.9. The van der Waals surface area contributed by atoms with E-state index in [1.54, 1.807) is 0 Å². The van der Waals surface area contributed by atoms with Crippen molar-refractivity contribution in [2.45, 2.75) is 6.18 Å². The Bertz CT molecular complexity index is 368. The Labute approximate surface area is 103 Å². The van der Waals surface area contributed by atoms with Crippen LogP contribution in [0.1, 0.15) is 0 Å². The monoisotopic (exact) mass is 321 g/mol. The van der Waals surface area contributed by atoms with E-state index in [1.165, 1.54) is 12.1 Å². The number of anilines is 1. The summed E-state index contributed by atoms with van der Waals surface area (Å²) in [6.07, 6.45) is -4.29. The lowest BCUT2D eigenvalue weighted by Gasteiger charge is -2.12. The Morgan fingerprint density at radius 3 is 2.33 bits per heavy atom. The molecule has 0 saturated heterocycles. The van der Waals surface area contributed by atoms with Gasteiger partial charge in [0.2, 0.25) is 0 Å². The van der Waals surface area contributed by atoms with Crippen molar-refractivity contribution in [2.24, 2.45) is 0 Å². The minimum Gasteiger partial charge on any atom is -0.375 e. The van der Waals surface area contributed by atoms with Gasteiger partial charge >= 0.3 is 6.18 Å². The molecule has 1 aromatic rings. The summed E-state index contributed by atoms with van der Waals surface area (Å²) in [7, 11) is 0. The number of hydrogen-bond donors (Lipinski definition) is 1. The predicted molar refractivity (Wildman–Crippen MR) is 58.7 cm³/mol. The number of alkyl halides is 3. The second kappa shape index (κ2) is 4.80. The molecule has 0 fully saturated rings. The predicted octanol–water partition coefficient (Wildman–Crippen LogP) is 4.73. The minimum absolute atomic E-state index is 0.0651. The molecule has 1 nitrogen and oxygen atoms in total. The van der Waals surface area contributed by atoms with Gasteiger partial charge in [-0.05, 0) is 28.1 Å². The smallest absolute Gasteiger partial charge is 0.375 e. The topological polar surface area (TPSA) is 12.0 Å². The fourth-order valence-electron chi connectivity index (χ4n) is 0.858. The molecule has 0 saturated carbocycles. The molecule has 7 heteroatoms. The van der Waals surface area contributed by atoms with Crippen LogP contribution < -0.4 is 5.32 Å². The van der Waals surface area contributed by atoms with Crippen molar-refractivity contribution in [3.63, 3.8) is 0 Å². The molecule has 0 radical (unpaired) electrons. The normalized spacial score (nSPS) is 11.6. The van der Waals surface area contributed by atoms with E-state index in [-0.39, 0.29) is 15.7 Å². The van der Waals surface area contributed by atoms with Gasteiger partial charge < -0.3 is 5.32 Å². The lowest BCUT2D eigenvalue weighted by molar-refractivity contribution is -0.115. The number of hydrogen-bond acceptors (Lipinski definition) is 1. The van der Waals surface area contributed by atoms with Crippen LogP contribution in [0.25, 0.3) is 0 Å². The zero-order valence-corrected chi connectivity index (χ0v) is 10.2. The van der Waals surface area contributed by atoms with Crippen LogP contribution in [-0.4, -0.2) is 12.7 Å². The molecule has 0 bridgehead atoms. The van der Waals surface area contributed by atoms with Crippen LogP contribution in [0.4, 0.5) is 18.9 Å². The molecular formula is C8H5BrCl2F3N. The number of benzene rings is 1. The number of rotatable bonds is 2. The van der Waals surface area contributed by atoms with Gasteiger partial charge in [0.1, 0.15) is 6.54 Å². The quantitative estimate of drug-likeness (QED) is 0.776. The first-order chi connectivity index (χ1) is 6.81. The third-order valence-electron chi connectivity index (χ3n) is 1.51. The SMILES string of the molecule is FC(F)(F)CNc1ccc(Br)c(Cl)c1Cl. The van der Waals surface area contributed by atoms with Crippen molar-refractivity contribution in [1.29, 1.82) is 0 Å². The Hall–Kier alpha value is -0.130. The molecule has 0 aliphatic carbocycles. The number of nitrogens with one attached hydrogen (secondary N) is 1. The largest absolute Gasteiger partial charge is 0.405 e. The standard InChI is InChI=1S/C8H5BrCl2F3N/c9-4-1-2-5(7(11)6(4)10)15-3-8(12,13)14/h1-2,15H,3H2. The maximum atomic E-state index is 11.9. The van der Waals surface area contributed by atoms with E-state index in [0.717, 1.165) is 0 Å². The van der Waals surface area contributed by atoms with Crippen LogP contribution in [0, 0.1) is 0 Å². The molecule has 1 N–H and O–H groups in total. The van der Waals surface area contributed by atoms with Gasteiger partial charge in [-0.1, -0.05) is 23.2 Å². The second-order valence-corrected chi connectivity index (χ2v) is 4.30. The van der Waals surface area contributed by atoms with Crippen molar-refractivity contribution >= 4 is 44.8 Å². The summed E-state index contributed by atoms with van der Waals surface area (Å²) in [6, 6.07) is 2.94. The van der Waals surface area contributed by atoms with Crippen molar-refractivity contribution in [3.8, 4) is 0 Å². The van der Waals surface area contributed by atoms with Crippen molar-refractivity contribution < 1.29 is 13.2 Å². The molecule has 0 aliphatic rings. The molecule has 84 valence electrons. The molecule has 0 atom stereocenters. The van der Waals surface area contributed by atoms with Crippen LogP contribution >= 0.6 is 39.1 Å². The summed E-state index contributed by atoms with van der Waals surface area (Å²) in [5, 5.41) is 2.41. The average Bonchev–Trinajstić information content (AvgIpc) is 2.12. The third kappa shape index (κ3) is 3.74. The van der Waals surface area contributed by atoms with Gasteiger partial charge in [-0.2, -0.15) is 13.2 Å². The first-order valence-corrected chi connectivity index (χ1v) is 5.30. The Morgan fingerprint density at radius 1 is 1.20 bits per heavy atom. The van der Waals surface area contributed by atoms with Gasteiger partial charge in [-0.25, -0.2) is 0 Å². The van der Waals surface area contributed by atoms with Gasteiger partial charge in [0, 0.05) is 4.47 Å². The highest BCUT2D eigenvalue weighted by Crippen LogP contribution is 2.36. The Balaban J connectivity index is 2.83. The van der Waals surface area contributed by atoms with Crippen LogP contribution in [-0.2, 0) is 0 Å². The van der Waals surface area contributed by atoms with E-state index in [9.17, 15) is 13.2 Å². The van der Waals surface area contributed by atoms with E-state index in [2.05, 4.69) is 21.2 Å². The van der Waals surface area contributed by atoms with E-state index in [0.29, 0.717) is 4.47 Å². The van der Waals surface area contributed by atoms with Crippen molar-refractivity contribution in [2.75, 3.05) is 11.9 Å². The van der Waals surface area contributed by atoms with Gasteiger partial charge in [0.25, 0.3) is 0 Å². The van der Waals surface area contributed by atoms with Crippen LogP contribution in [0.2, 0.25) is 10.0 Å². The van der Waals surface area contributed by atoms with E-state index in [1.807, 2.05) is 0 Å².